The Labute approximate surface area is 553 Å². The van der Waals surface area contributed by atoms with Gasteiger partial charge < -0.3 is 4.42 Å². The topological polar surface area (TPSA) is 41.3 Å². The first-order chi connectivity index (χ1) is 43.5. The van der Waals surface area contributed by atoms with Crippen molar-refractivity contribution in [2.75, 3.05) is 14.7 Å². The third-order valence-electron chi connectivity index (χ3n) is 20.2. The van der Waals surface area contributed by atoms with E-state index in [0.29, 0.717) is 3.92 Å². The van der Waals surface area contributed by atoms with Crippen molar-refractivity contribution in [3.05, 3.63) is 337 Å². The first-order valence-corrected chi connectivity index (χ1v) is 33.4. The average molecular weight is 1490 g/mol. The van der Waals surface area contributed by atoms with Crippen LogP contribution in [0.15, 0.2) is 292 Å². The van der Waals surface area contributed by atoms with Gasteiger partial charge in [-0.25, -0.2) is 12.1 Å². The number of nitrogens with zero attached hydrogens (tertiary/aromatic N) is 3. The molecular formula is C81H59IN3O3U-. The number of aryl methyl sites for hydroxylation is 1. The van der Waals surface area contributed by atoms with Crippen molar-refractivity contribution >= 4 is 50.3 Å². The molecule has 0 amide bonds. The normalized spacial score (nSPS) is 25.0. The first-order valence-electron chi connectivity index (χ1n) is 31.1. The van der Waals surface area contributed by atoms with Gasteiger partial charge in [0.05, 0.1) is 0 Å². The Morgan fingerprint density at radius 1 is 0.640 bits per heavy atom. The zero-order valence-corrected chi connectivity index (χ0v) is 55.5. The van der Waals surface area contributed by atoms with Gasteiger partial charge in [0.2, 0.25) is 0 Å². The average Bonchev–Trinajstić information content (AvgIpc) is 1.54. The number of para-hydroxylation sites is 5. The van der Waals surface area contributed by atoms with Gasteiger partial charge in [-0.1, -0.05) is 18.2 Å². The van der Waals surface area contributed by atoms with Crippen LogP contribution in [-0.2, 0) is 5.41 Å². The van der Waals surface area contributed by atoms with E-state index in [1.807, 2.05) is 12.1 Å². The van der Waals surface area contributed by atoms with Gasteiger partial charge in [-0.05, 0) is 6.07 Å². The molecule has 1 aromatic heterocycles. The molecule has 8 aromatic carbocycles. The second kappa shape index (κ2) is 20.6. The molecule has 8 unspecified atom stereocenters. The third-order valence-corrected chi connectivity index (χ3v) is 23.6. The number of furan rings is 1. The summed E-state index contributed by atoms with van der Waals surface area (Å²) >= 11 is -0.451. The summed E-state index contributed by atoms with van der Waals surface area (Å²) in [6.45, 7) is 4.48. The summed E-state index contributed by atoms with van der Waals surface area (Å²) in [6, 6.07) is 71.0. The molecule has 10 aliphatic rings. The summed E-state index contributed by atoms with van der Waals surface area (Å²) in [5, 5.41) is 2.22. The monoisotopic (exact) mass is 1490 g/mol. The van der Waals surface area contributed by atoms with Crippen molar-refractivity contribution in [1.82, 2.24) is 0 Å². The molecule has 0 saturated carbocycles. The number of rotatable bonds is 7. The fourth-order valence-electron chi connectivity index (χ4n) is 16.7. The van der Waals surface area contributed by atoms with Gasteiger partial charge in [0.25, 0.3) is 0 Å². The molecule has 8 heteroatoms. The van der Waals surface area contributed by atoms with E-state index in [4.69, 9.17) is 13.9 Å². The van der Waals surface area contributed by atoms with E-state index in [2.05, 4.69) is 271 Å². The number of benzene rings is 8. The van der Waals surface area contributed by atoms with Crippen LogP contribution in [0.25, 0.3) is 27.5 Å². The zero-order valence-electron chi connectivity index (χ0n) is 49.2. The molecule has 6 nitrogen and oxygen atoms in total. The number of hydrogen-bond donors (Lipinski definition) is 0. The van der Waals surface area contributed by atoms with E-state index in [-0.39, 0.29) is 55.0 Å². The first kappa shape index (κ1) is 53.7. The summed E-state index contributed by atoms with van der Waals surface area (Å²) in [4.78, 5) is 8.06. The van der Waals surface area contributed by atoms with Gasteiger partial charge in [0.1, 0.15) is 5.58 Å². The minimum absolute atomic E-state index is 0. The minimum atomic E-state index is -0.845. The Morgan fingerprint density at radius 3 is 2.17 bits per heavy atom. The van der Waals surface area contributed by atoms with E-state index < -0.39 is 38.8 Å². The second-order valence-corrected chi connectivity index (χ2v) is 28.2. The summed E-state index contributed by atoms with van der Waals surface area (Å²) in [6.07, 6.45) is 29.9. The summed E-state index contributed by atoms with van der Waals surface area (Å²) in [5.41, 5.74) is 24.1. The van der Waals surface area contributed by atoms with Gasteiger partial charge in [0.15, 0.2) is 0 Å². The van der Waals surface area contributed by atoms with Crippen LogP contribution in [0.1, 0.15) is 71.4 Å². The molecule has 19 rings (SSSR count). The Morgan fingerprint density at radius 2 is 1.36 bits per heavy atom. The summed E-state index contributed by atoms with van der Waals surface area (Å²) < 4.78 is 24.2. The van der Waals surface area contributed by atoms with Crippen molar-refractivity contribution in [3.8, 4) is 11.5 Å². The van der Waals surface area contributed by atoms with Gasteiger partial charge in [-0.3, -0.25) is 0 Å². The van der Waals surface area contributed by atoms with Gasteiger partial charge in [-0.15, -0.1) is 6.07 Å². The second-order valence-electron chi connectivity index (χ2n) is 24.9. The predicted molar refractivity (Wildman–Crippen MR) is 348 cm³/mol. The maximum atomic E-state index is 7.87. The molecule has 0 saturated heterocycles. The van der Waals surface area contributed by atoms with Crippen LogP contribution in [0.4, 0.5) is 22.7 Å². The largest absolute Gasteiger partial charge is 2.00 e. The molecule has 8 atom stereocenters. The van der Waals surface area contributed by atoms with Crippen LogP contribution in [0.5, 0.6) is 11.5 Å². The van der Waals surface area contributed by atoms with Crippen LogP contribution in [0, 0.1) is 53.7 Å². The minimum Gasteiger partial charge on any atom is 2.00 e. The number of alkyl halides is 1. The Kier molecular flexibility index (Phi) is 12.5. The molecule has 0 bridgehead atoms. The number of fused-ring (bicyclic) bond motifs is 20. The SMILES string of the molecule is CC1=CCCC(N(C2=CC3=C(C4=C(C=C(N(c5cccc(C)c5)C5C=C(c6[c-]cccc6)[C-]=CC5)C5c6ccccc6OC45)C34c3ccccc3N3c5c(cccc54)[I-]C4C=CC=CC43)C3Oc4ccccc4C23)c2ccc3oc4ccccc4c3c2)=C1.[U+2]. The Bertz CT molecular complexity index is 4880. The summed E-state index contributed by atoms with van der Waals surface area (Å²) in [5.74, 6) is 1.49. The van der Waals surface area contributed by atoms with Crippen LogP contribution >= 0.6 is 0 Å². The molecular weight excluding hydrogens is 1430 g/mol. The van der Waals surface area contributed by atoms with Crippen LogP contribution in [0.2, 0.25) is 0 Å². The predicted octanol–water partition coefficient (Wildman–Crippen LogP) is 14.9. The molecule has 4 aliphatic heterocycles. The Hall–Kier alpha value is -8.26. The number of hydrogen-bond acceptors (Lipinski definition) is 6. The summed E-state index contributed by atoms with van der Waals surface area (Å²) in [7, 11) is 0. The molecule has 6 aliphatic carbocycles. The zero-order chi connectivity index (χ0) is 57.9. The molecule has 1 spiro atoms. The van der Waals surface area contributed by atoms with Crippen molar-refractivity contribution in [1.29, 1.82) is 0 Å². The number of ether oxygens (including phenoxy) is 2. The molecule has 0 fully saturated rings. The smallest absolute Gasteiger partial charge is 2.00 e. The van der Waals surface area contributed by atoms with E-state index in [9.17, 15) is 0 Å². The maximum Gasteiger partial charge on any atom is 2.00 e. The molecule has 0 N–H and O–H groups in total. The number of anilines is 4. The van der Waals surface area contributed by atoms with Crippen LogP contribution in [0.3, 0.4) is 0 Å². The van der Waals surface area contributed by atoms with Crippen molar-refractivity contribution in [3.63, 3.8) is 0 Å². The van der Waals surface area contributed by atoms with Crippen molar-refractivity contribution in [2.45, 2.75) is 78.6 Å². The van der Waals surface area contributed by atoms with Crippen LogP contribution in [-0.4, -0.2) is 28.2 Å². The molecule has 5 heterocycles. The third kappa shape index (κ3) is 7.85. The molecule has 9 aromatic rings. The van der Waals surface area contributed by atoms with E-state index in [1.165, 1.54) is 87.7 Å². The fourth-order valence-corrected chi connectivity index (χ4v) is 20.1. The van der Waals surface area contributed by atoms with Crippen LogP contribution < -0.4 is 45.4 Å². The fraction of sp³-hybridized carbons (Fsp3) is 0.160. The van der Waals surface area contributed by atoms with Crippen molar-refractivity contribution < 1.29 is 66.2 Å². The standard InChI is InChI=1S/C81H59IN3O3.U/c1-48-20-16-25-52(42-48)83(54-27-18-24-51(44-54)50-22-4-3-5-23-50)68-46-62-76(79-74(68)57-29-7-14-38-71(57)87-79)77-63(81(62)60-31-9-11-35-66(60)85-67-36-12-10-33-64(67)82-65-34-19-32-61(81)78(65)85)47-69(75-58-30-8-15-39-72(58)88-80(75)77)84(53-26-17-21-49(2)43-53)55-40-41-73-59(45-55)56-28-6-13-37-70(56)86-73;/h3-16,18-22,25,28-47,54,64,67,74-75,79-80H,17,26-27H2,1-2H3;/q-3;+2. The molecule has 89 heavy (non-hydrogen) atoms. The van der Waals surface area contributed by atoms with Gasteiger partial charge >= 0.3 is 493 Å². The molecule has 0 radical (unpaired) electrons. The van der Waals surface area contributed by atoms with Gasteiger partial charge in [-0.2, -0.15) is 12.1 Å². The Balaban J connectivity index is 0.00000591. The quantitative estimate of drug-likeness (QED) is 0.0900. The van der Waals surface area contributed by atoms with E-state index >= 15 is 0 Å². The number of halogens is 1. The van der Waals surface area contributed by atoms with Gasteiger partial charge in [0, 0.05) is 0 Å². The number of allylic oxidation sites excluding steroid dienone is 12. The molecule has 428 valence electrons. The van der Waals surface area contributed by atoms with Crippen molar-refractivity contribution in [2.24, 2.45) is 0 Å². The maximum absolute atomic E-state index is 7.87. The van der Waals surface area contributed by atoms with E-state index in [1.54, 1.807) is 0 Å². The van der Waals surface area contributed by atoms with E-state index in [0.717, 1.165) is 75.2 Å².